The topological polar surface area (TPSA) is 76.9 Å². The fourth-order valence-corrected chi connectivity index (χ4v) is 2.44. The lowest BCUT2D eigenvalue weighted by Gasteiger charge is -2.14. The van der Waals surface area contributed by atoms with Gasteiger partial charge in [-0.15, -0.1) is 0 Å². The summed E-state index contributed by atoms with van der Waals surface area (Å²) in [6, 6.07) is 3.49. The summed E-state index contributed by atoms with van der Waals surface area (Å²) in [6.45, 7) is 0. The molecule has 0 spiro atoms. The van der Waals surface area contributed by atoms with Crippen molar-refractivity contribution < 1.29 is 17.9 Å². The third kappa shape index (κ3) is 3.14. The predicted molar refractivity (Wildman–Crippen MR) is 87.1 cm³/mol. The van der Waals surface area contributed by atoms with E-state index >= 15 is 0 Å². The molecule has 0 bridgehead atoms. The molecule has 1 aromatic carbocycles. The van der Waals surface area contributed by atoms with E-state index in [0.717, 1.165) is 11.6 Å². The lowest BCUT2D eigenvalue weighted by molar-refractivity contribution is -0.137. The number of rotatable bonds is 4. The van der Waals surface area contributed by atoms with Gasteiger partial charge in [0.25, 0.3) is 0 Å². The molecule has 0 aliphatic rings. The van der Waals surface area contributed by atoms with Crippen molar-refractivity contribution in [3.05, 3.63) is 30.1 Å². The maximum atomic E-state index is 13.0. The number of benzene rings is 1. The molecule has 0 unspecified atom stereocenters. The second kappa shape index (κ2) is 6.11. The Morgan fingerprint density at radius 2 is 2.00 bits per heavy atom. The summed E-state index contributed by atoms with van der Waals surface area (Å²) in [7, 11) is 4.63. The van der Waals surface area contributed by atoms with E-state index in [4.69, 9.17) is 4.74 Å². The zero-order chi connectivity index (χ0) is 18.2. The standard InChI is InChI=1S/C15H15F3N6O/c1-19-13-9(15(16,17)18)6-20-14(22-13)21-12-8-7-24(2)23-10(8)4-5-11(12)25-3/h4-7H,1-3H3,(H2,19,20,21,22). The molecule has 25 heavy (non-hydrogen) atoms. The maximum Gasteiger partial charge on any atom is 0.421 e. The first kappa shape index (κ1) is 16.8. The molecule has 0 atom stereocenters. The average molecular weight is 352 g/mol. The van der Waals surface area contributed by atoms with Crippen LogP contribution in [0.25, 0.3) is 10.9 Å². The third-order valence-corrected chi connectivity index (χ3v) is 3.55. The van der Waals surface area contributed by atoms with Crippen LogP contribution in [0.1, 0.15) is 5.56 Å². The van der Waals surface area contributed by atoms with Crippen LogP contribution in [0.15, 0.2) is 24.5 Å². The van der Waals surface area contributed by atoms with Gasteiger partial charge in [0.05, 0.1) is 18.3 Å². The molecule has 0 fully saturated rings. The number of hydrogen-bond acceptors (Lipinski definition) is 6. The van der Waals surface area contributed by atoms with Gasteiger partial charge in [0.15, 0.2) is 0 Å². The SMILES string of the molecule is CNc1nc(Nc2c(OC)ccc3nn(C)cc23)ncc1C(F)(F)F. The van der Waals surface area contributed by atoms with Gasteiger partial charge in [-0.05, 0) is 12.1 Å². The Kier molecular flexibility index (Phi) is 4.11. The number of ether oxygens (including phenoxy) is 1. The van der Waals surface area contributed by atoms with Crippen LogP contribution in [0.3, 0.4) is 0 Å². The predicted octanol–water partition coefficient (Wildman–Crippen LogP) is 3.18. The van der Waals surface area contributed by atoms with Crippen LogP contribution in [-0.2, 0) is 13.2 Å². The van der Waals surface area contributed by atoms with Crippen molar-refractivity contribution in [3.63, 3.8) is 0 Å². The molecule has 7 nitrogen and oxygen atoms in total. The number of aromatic nitrogens is 4. The van der Waals surface area contributed by atoms with Gasteiger partial charge in [-0.1, -0.05) is 0 Å². The first-order valence-corrected chi connectivity index (χ1v) is 7.23. The Morgan fingerprint density at radius 3 is 2.64 bits per heavy atom. The van der Waals surface area contributed by atoms with E-state index in [-0.39, 0.29) is 11.8 Å². The van der Waals surface area contributed by atoms with Crippen molar-refractivity contribution in [2.75, 3.05) is 24.8 Å². The highest BCUT2D eigenvalue weighted by Crippen LogP contribution is 2.36. The zero-order valence-electron chi connectivity index (χ0n) is 13.6. The van der Waals surface area contributed by atoms with E-state index in [0.29, 0.717) is 17.0 Å². The van der Waals surface area contributed by atoms with Crippen molar-refractivity contribution in [2.45, 2.75) is 6.18 Å². The minimum atomic E-state index is -4.54. The van der Waals surface area contributed by atoms with Crippen LogP contribution in [-0.4, -0.2) is 33.9 Å². The fraction of sp³-hybridized carbons (Fsp3) is 0.267. The second-order valence-corrected chi connectivity index (χ2v) is 5.21. The van der Waals surface area contributed by atoms with Crippen LogP contribution in [0.2, 0.25) is 0 Å². The van der Waals surface area contributed by atoms with E-state index in [9.17, 15) is 13.2 Å². The number of nitrogens with one attached hydrogen (secondary N) is 2. The largest absolute Gasteiger partial charge is 0.495 e. The molecule has 0 amide bonds. The van der Waals surface area contributed by atoms with Crippen LogP contribution in [0.4, 0.5) is 30.6 Å². The van der Waals surface area contributed by atoms with Gasteiger partial charge in [-0.25, -0.2) is 4.98 Å². The molecule has 2 N–H and O–H groups in total. The minimum absolute atomic E-state index is 0.00648. The van der Waals surface area contributed by atoms with Gasteiger partial charge in [-0.2, -0.15) is 23.3 Å². The average Bonchev–Trinajstić information content (AvgIpc) is 2.94. The van der Waals surface area contributed by atoms with Crippen molar-refractivity contribution in [1.82, 2.24) is 19.7 Å². The molecule has 3 rings (SSSR count). The molecule has 0 aliphatic carbocycles. The zero-order valence-corrected chi connectivity index (χ0v) is 13.6. The highest BCUT2D eigenvalue weighted by molar-refractivity contribution is 5.96. The van der Waals surface area contributed by atoms with E-state index in [2.05, 4.69) is 25.7 Å². The summed E-state index contributed by atoms with van der Waals surface area (Å²) in [5.74, 6) is 0.185. The minimum Gasteiger partial charge on any atom is -0.495 e. The Hall–Kier alpha value is -3.04. The van der Waals surface area contributed by atoms with Crippen molar-refractivity contribution >= 4 is 28.4 Å². The molecular weight excluding hydrogens is 337 g/mol. The third-order valence-electron chi connectivity index (χ3n) is 3.55. The van der Waals surface area contributed by atoms with Gasteiger partial charge in [0.1, 0.15) is 17.1 Å². The van der Waals surface area contributed by atoms with Gasteiger partial charge < -0.3 is 15.4 Å². The quantitative estimate of drug-likeness (QED) is 0.751. The molecule has 2 aromatic heterocycles. The first-order valence-electron chi connectivity index (χ1n) is 7.23. The Balaban J connectivity index is 2.07. The number of anilines is 3. The van der Waals surface area contributed by atoms with Gasteiger partial charge in [-0.3, -0.25) is 4.68 Å². The van der Waals surface area contributed by atoms with E-state index in [1.165, 1.54) is 14.2 Å². The maximum absolute atomic E-state index is 13.0. The number of nitrogens with zero attached hydrogens (tertiary/aromatic N) is 4. The summed E-state index contributed by atoms with van der Waals surface area (Å²) >= 11 is 0. The van der Waals surface area contributed by atoms with E-state index in [1.54, 1.807) is 30.1 Å². The van der Waals surface area contributed by atoms with Gasteiger partial charge >= 0.3 is 6.18 Å². The highest BCUT2D eigenvalue weighted by atomic mass is 19.4. The molecule has 3 aromatic rings. The Bertz CT molecular complexity index is 922. The number of hydrogen-bond donors (Lipinski definition) is 2. The van der Waals surface area contributed by atoms with Crippen molar-refractivity contribution in [1.29, 1.82) is 0 Å². The molecule has 0 aliphatic heterocycles. The summed E-state index contributed by atoms with van der Waals surface area (Å²) < 4.78 is 45.8. The summed E-state index contributed by atoms with van der Waals surface area (Å²) in [4.78, 5) is 7.68. The summed E-state index contributed by atoms with van der Waals surface area (Å²) in [5, 5.41) is 10.4. The van der Waals surface area contributed by atoms with E-state index in [1.807, 2.05) is 0 Å². The van der Waals surface area contributed by atoms with Crippen molar-refractivity contribution in [3.8, 4) is 5.75 Å². The van der Waals surface area contributed by atoms with Crippen LogP contribution < -0.4 is 15.4 Å². The number of methoxy groups -OCH3 is 1. The summed E-state index contributed by atoms with van der Waals surface area (Å²) in [5.41, 5.74) is 0.286. The Labute approximate surface area is 140 Å². The number of fused-ring (bicyclic) bond motifs is 1. The number of halogens is 3. The van der Waals surface area contributed by atoms with Crippen LogP contribution in [0.5, 0.6) is 5.75 Å². The van der Waals surface area contributed by atoms with Gasteiger partial charge in [0, 0.05) is 31.9 Å². The first-order chi connectivity index (χ1) is 11.8. The molecule has 132 valence electrons. The van der Waals surface area contributed by atoms with Crippen molar-refractivity contribution in [2.24, 2.45) is 7.05 Å². The van der Waals surface area contributed by atoms with E-state index < -0.39 is 11.7 Å². The highest BCUT2D eigenvalue weighted by Gasteiger charge is 2.35. The monoisotopic (exact) mass is 352 g/mol. The molecule has 0 saturated carbocycles. The summed E-state index contributed by atoms with van der Waals surface area (Å²) in [6.07, 6.45) is -2.04. The van der Waals surface area contributed by atoms with Crippen LogP contribution in [0, 0.1) is 0 Å². The fourth-order valence-electron chi connectivity index (χ4n) is 2.44. The lowest BCUT2D eigenvalue weighted by Crippen LogP contribution is -2.12. The normalized spacial score (nSPS) is 11.6. The lowest BCUT2D eigenvalue weighted by atomic mass is 10.2. The van der Waals surface area contributed by atoms with Gasteiger partial charge in [0.2, 0.25) is 5.95 Å². The second-order valence-electron chi connectivity index (χ2n) is 5.21. The molecule has 10 heteroatoms. The molecular formula is C15H15F3N6O. The van der Waals surface area contributed by atoms with Crippen LogP contribution >= 0.6 is 0 Å². The molecule has 2 heterocycles. The smallest absolute Gasteiger partial charge is 0.421 e. The number of alkyl halides is 3. The Morgan fingerprint density at radius 1 is 1.24 bits per heavy atom. The molecule has 0 saturated heterocycles. The molecule has 0 radical (unpaired) electrons. The number of aryl methyl sites for hydroxylation is 1.